The summed E-state index contributed by atoms with van der Waals surface area (Å²) in [7, 11) is 1.40. The molecule has 3 nitrogen and oxygen atoms in total. The highest BCUT2D eigenvalue weighted by molar-refractivity contribution is 5.85. The highest BCUT2D eigenvalue weighted by Crippen LogP contribution is 2.45. The van der Waals surface area contributed by atoms with E-state index >= 15 is 0 Å². The average Bonchev–Trinajstić information content (AvgIpc) is 2.34. The third-order valence-corrected chi connectivity index (χ3v) is 3.97. The van der Waals surface area contributed by atoms with Crippen molar-refractivity contribution in [1.82, 2.24) is 0 Å². The fraction of sp³-hybridized carbons (Fsp3) is 0.533. The molecule has 0 spiro atoms. The van der Waals surface area contributed by atoms with Crippen LogP contribution in [-0.4, -0.2) is 18.6 Å². The van der Waals surface area contributed by atoms with E-state index in [9.17, 15) is 9.18 Å². The highest BCUT2D eigenvalue weighted by atomic mass is 19.1. The molecule has 0 atom stereocenters. The molecule has 1 N–H and O–H groups in total. The fourth-order valence-corrected chi connectivity index (χ4v) is 2.63. The summed E-state index contributed by atoms with van der Waals surface area (Å²) in [6.07, 6.45) is 1.52. The van der Waals surface area contributed by atoms with Crippen molar-refractivity contribution in [1.29, 1.82) is 0 Å². The molecule has 1 aromatic carbocycles. The summed E-state index contributed by atoms with van der Waals surface area (Å²) in [4.78, 5) is 12.0. The quantitative estimate of drug-likeness (QED) is 0.849. The number of hydrogen-bond acceptors (Lipinski definition) is 3. The van der Waals surface area contributed by atoms with Crippen LogP contribution in [-0.2, 0) is 9.53 Å². The molecule has 1 aromatic rings. The molecule has 19 heavy (non-hydrogen) atoms. The van der Waals surface area contributed by atoms with E-state index in [2.05, 4.69) is 19.2 Å². The molecule has 1 fully saturated rings. The summed E-state index contributed by atoms with van der Waals surface area (Å²) < 4.78 is 17.8. The molecule has 0 heterocycles. The number of anilines is 1. The third kappa shape index (κ3) is 2.72. The van der Waals surface area contributed by atoms with Crippen LogP contribution < -0.4 is 5.32 Å². The molecule has 0 bridgehead atoms. The number of rotatable bonds is 4. The van der Waals surface area contributed by atoms with Crippen LogP contribution >= 0.6 is 0 Å². The van der Waals surface area contributed by atoms with Crippen molar-refractivity contribution in [3.8, 4) is 0 Å². The van der Waals surface area contributed by atoms with Gasteiger partial charge in [-0.3, -0.25) is 0 Å². The Bertz CT molecular complexity index is 450. The number of carbonyl (C=O) groups excluding carboxylic acids is 1. The number of hydrogen-bond donors (Lipinski definition) is 1. The van der Waals surface area contributed by atoms with Gasteiger partial charge < -0.3 is 10.1 Å². The Labute approximate surface area is 113 Å². The first-order valence-corrected chi connectivity index (χ1v) is 6.59. The summed E-state index contributed by atoms with van der Waals surface area (Å²) in [5, 5.41) is 3.21. The summed E-state index contributed by atoms with van der Waals surface area (Å²) in [5.74, 6) is 0.542. The third-order valence-electron chi connectivity index (χ3n) is 3.97. The van der Waals surface area contributed by atoms with Crippen molar-refractivity contribution in [2.75, 3.05) is 12.4 Å². The number of benzene rings is 1. The number of methoxy groups -OCH3 is 1. The number of halogens is 1. The molecular weight excluding hydrogens is 245 g/mol. The Hall–Kier alpha value is -1.58. The molecule has 0 amide bonds. The molecular formula is C15H20FNO2. The Kier molecular flexibility index (Phi) is 3.78. The zero-order valence-corrected chi connectivity index (χ0v) is 11.6. The average molecular weight is 265 g/mol. The molecule has 4 heteroatoms. The molecule has 0 aromatic heterocycles. The van der Waals surface area contributed by atoms with Crippen molar-refractivity contribution in [2.45, 2.75) is 32.2 Å². The molecule has 1 aliphatic rings. The van der Waals surface area contributed by atoms with Gasteiger partial charge in [0.1, 0.15) is 11.4 Å². The number of carbonyl (C=O) groups is 1. The van der Waals surface area contributed by atoms with Gasteiger partial charge in [0.25, 0.3) is 0 Å². The van der Waals surface area contributed by atoms with E-state index in [1.54, 1.807) is 12.1 Å². The Morgan fingerprint density at radius 3 is 2.42 bits per heavy atom. The molecule has 0 saturated heterocycles. The van der Waals surface area contributed by atoms with Crippen LogP contribution in [0.2, 0.25) is 0 Å². The van der Waals surface area contributed by atoms with Gasteiger partial charge in [0.15, 0.2) is 0 Å². The van der Waals surface area contributed by atoms with Gasteiger partial charge in [-0.1, -0.05) is 13.8 Å². The zero-order chi connectivity index (χ0) is 14.0. The van der Waals surface area contributed by atoms with Crippen molar-refractivity contribution in [3.05, 3.63) is 30.1 Å². The zero-order valence-electron chi connectivity index (χ0n) is 11.6. The maximum absolute atomic E-state index is 12.9. The Morgan fingerprint density at radius 1 is 1.37 bits per heavy atom. The van der Waals surface area contributed by atoms with Gasteiger partial charge in [-0.15, -0.1) is 0 Å². The van der Waals surface area contributed by atoms with Crippen molar-refractivity contribution in [2.24, 2.45) is 11.8 Å². The SMILES string of the molecule is COC(=O)C1(Nc2ccc(F)cc2)CC(C(C)C)C1. The van der Waals surface area contributed by atoms with Gasteiger partial charge in [-0.25, -0.2) is 9.18 Å². The Balaban J connectivity index is 2.12. The largest absolute Gasteiger partial charge is 0.467 e. The number of esters is 1. The summed E-state index contributed by atoms with van der Waals surface area (Å²) >= 11 is 0. The standard InChI is InChI=1S/C15H20FNO2/c1-10(2)11-8-15(9-11,14(18)19-3)17-13-6-4-12(16)5-7-13/h4-7,10-11,17H,8-9H2,1-3H3. The van der Waals surface area contributed by atoms with Crippen molar-refractivity contribution < 1.29 is 13.9 Å². The highest BCUT2D eigenvalue weighted by Gasteiger charge is 2.51. The van der Waals surface area contributed by atoms with Gasteiger partial charge >= 0.3 is 5.97 Å². The summed E-state index contributed by atoms with van der Waals surface area (Å²) in [6.45, 7) is 4.31. The van der Waals surface area contributed by atoms with Crippen LogP contribution in [0.5, 0.6) is 0 Å². The summed E-state index contributed by atoms with van der Waals surface area (Å²) in [6, 6.07) is 6.04. The predicted octanol–water partition coefficient (Wildman–Crippen LogP) is 3.22. The van der Waals surface area contributed by atoms with Crippen LogP contribution in [0.15, 0.2) is 24.3 Å². The second-order valence-electron chi connectivity index (χ2n) is 5.62. The lowest BCUT2D eigenvalue weighted by Crippen LogP contribution is -2.58. The fourth-order valence-electron chi connectivity index (χ4n) is 2.63. The lowest BCUT2D eigenvalue weighted by molar-refractivity contribution is -0.151. The van der Waals surface area contributed by atoms with E-state index in [1.807, 2.05) is 0 Å². The molecule has 1 aliphatic carbocycles. The van der Waals surface area contributed by atoms with E-state index in [-0.39, 0.29) is 11.8 Å². The maximum atomic E-state index is 12.9. The smallest absolute Gasteiger partial charge is 0.331 e. The monoisotopic (exact) mass is 265 g/mol. The maximum Gasteiger partial charge on any atom is 0.331 e. The molecule has 1 saturated carbocycles. The summed E-state index contributed by atoms with van der Waals surface area (Å²) in [5.41, 5.74) is 0.0932. The Morgan fingerprint density at radius 2 is 1.95 bits per heavy atom. The van der Waals surface area contributed by atoms with Gasteiger partial charge in [-0.05, 0) is 48.9 Å². The predicted molar refractivity (Wildman–Crippen MR) is 72.3 cm³/mol. The lowest BCUT2D eigenvalue weighted by Gasteiger charge is -2.48. The van der Waals surface area contributed by atoms with Crippen LogP contribution in [0, 0.1) is 17.7 Å². The van der Waals surface area contributed by atoms with Crippen LogP contribution in [0.3, 0.4) is 0 Å². The molecule has 0 radical (unpaired) electrons. The van der Waals surface area contributed by atoms with Gasteiger partial charge in [0.05, 0.1) is 7.11 Å². The molecule has 104 valence electrons. The minimum Gasteiger partial charge on any atom is -0.467 e. The second-order valence-corrected chi connectivity index (χ2v) is 5.62. The van der Waals surface area contributed by atoms with Crippen LogP contribution in [0.4, 0.5) is 10.1 Å². The van der Waals surface area contributed by atoms with Crippen molar-refractivity contribution >= 4 is 11.7 Å². The number of ether oxygens (including phenoxy) is 1. The first kappa shape index (κ1) is 13.8. The van der Waals surface area contributed by atoms with Crippen LogP contribution in [0.25, 0.3) is 0 Å². The molecule has 2 rings (SSSR count). The van der Waals surface area contributed by atoms with E-state index < -0.39 is 5.54 Å². The van der Waals surface area contributed by atoms with Crippen LogP contribution in [0.1, 0.15) is 26.7 Å². The lowest BCUT2D eigenvalue weighted by atomic mass is 9.64. The normalized spacial score (nSPS) is 25.8. The van der Waals surface area contributed by atoms with E-state index in [0.29, 0.717) is 11.8 Å². The molecule has 0 unspecified atom stereocenters. The minimum atomic E-state index is -0.651. The van der Waals surface area contributed by atoms with E-state index in [1.165, 1.54) is 19.2 Å². The minimum absolute atomic E-state index is 0.242. The van der Waals surface area contributed by atoms with E-state index in [4.69, 9.17) is 4.74 Å². The van der Waals surface area contributed by atoms with Gasteiger partial charge in [-0.2, -0.15) is 0 Å². The first-order chi connectivity index (χ1) is 8.97. The number of nitrogens with one attached hydrogen (secondary N) is 1. The van der Waals surface area contributed by atoms with Crippen molar-refractivity contribution in [3.63, 3.8) is 0 Å². The second kappa shape index (κ2) is 5.19. The van der Waals surface area contributed by atoms with Gasteiger partial charge in [0, 0.05) is 5.69 Å². The topological polar surface area (TPSA) is 38.3 Å². The molecule has 0 aliphatic heterocycles. The van der Waals surface area contributed by atoms with Gasteiger partial charge in [0.2, 0.25) is 0 Å². The van der Waals surface area contributed by atoms with E-state index in [0.717, 1.165) is 18.5 Å². The first-order valence-electron chi connectivity index (χ1n) is 6.59.